The molecule has 1 saturated heterocycles. The van der Waals surface area contributed by atoms with Crippen LogP contribution >= 0.6 is 0 Å². The number of piperidine rings is 1. The van der Waals surface area contributed by atoms with Gasteiger partial charge in [-0.1, -0.05) is 6.42 Å². The molecule has 1 unspecified atom stereocenters. The molecule has 3 heterocycles. The summed E-state index contributed by atoms with van der Waals surface area (Å²) in [6.07, 6.45) is 6.35. The molecule has 1 aliphatic rings. The van der Waals surface area contributed by atoms with Gasteiger partial charge in [0.2, 0.25) is 10.0 Å². The van der Waals surface area contributed by atoms with Crippen molar-refractivity contribution in [2.24, 2.45) is 0 Å². The summed E-state index contributed by atoms with van der Waals surface area (Å²) in [7, 11) is -3.35. The van der Waals surface area contributed by atoms with Gasteiger partial charge in [0.1, 0.15) is 11.3 Å². The van der Waals surface area contributed by atoms with Gasteiger partial charge in [0, 0.05) is 31.5 Å². The standard InChI is InChI=1S/C17H24N4O3S/c1-13-6-9-20-12-15(19-16(20)11-13)17(22)18-7-10-25(23,24)21-8-4-3-5-14(21)2/h6,9,11-12,14H,3-5,7-8,10H2,1-2H3,(H,18,22). The summed E-state index contributed by atoms with van der Waals surface area (Å²) in [5, 5.41) is 2.66. The van der Waals surface area contributed by atoms with Crippen molar-refractivity contribution in [3.63, 3.8) is 0 Å². The van der Waals surface area contributed by atoms with Crippen molar-refractivity contribution in [2.45, 2.75) is 39.2 Å². The van der Waals surface area contributed by atoms with Gasteiger partial charge in [-0.2, -0.15) is 4.31 Å². The van der Waals surface area contributed by atoms with Crippen LogP contribution in [0.15, 0.2) is 24.5 Å². The van der Waals surface area contributed by atoms with E-state index in [2.05, 4.69) is 10.3 Å². The summed E-state index contributed by atoms with van der Waals surface area (Å²) < 4.78 is 28.2. The molecule has 2 aromatic heterocycles. The van der Waals surface area contributed by atoms with Gasteiger partial charge in [0.15, 0.2) is 0 Å². The molecule has 136 valence electrons. The molecule has 0 aliphatic carbocycles. The Morgan fingerprint density at radius 2 is 2.20 bits per heavy atom. The minimum Gasteiger partial charge on any atom is -0.350 e. The summed E-state index contributed by atoms with van der Waals surface area (Å²) in [6, 6.07) is 3.86. The molecule has 2 aromatic rings. The van der Waals surface area contributed by atoms with Gasteiger partial charge >= 0.3 is 0 Å². The molecule has 1 fully saturated rings. The molecule has 0 spiro atoms. The summed E-state index contributed by atoms with van der Waals surface area (Å²) >= 11 is 0. The highest BCUT2D eigenvalue weighted by molar-refractivity contribution is 7.89. The molecule has 0 saturated carbocycles. The van der Waals surface area contributed by atoms with E-state index in [-0.39, 0.29) is 29.9 Å². The second kappa shape index (κ2) is 7.13. The largest absolute Gasteiger partial charge is 0.350 e. The number of sulfonamides is 1. The van der Waals surface area contributed by atoms with E-state index >= 15 is 0 Å². The van der Waals surface area contributed by atoms with Crippen LogP contribution in [0.2, 0.25) is 0 Å². The number of pyridine rings is 1. The highest BCUT2D eigenvalue weighted by atomic mass is 32.2. The third-order valence-corrected chi connectivity index (χ3v) is 6.57. The molecule has 25 heavy (non-hydrogen) atoms. The number of hydrogen-bond donors (Lipinski definition) is 1. The lowest BCUT2D eigenvalue weighted by Crippen LogP contribution is -2.45. The maximum Gasteiger partial charge on any atom is 0.271 e. The van der Waals surface area contributed by atoms with Crippen LogP contribution in [0.4, 0.5) is 0 Å². The average molecular weight is 364 g/mol. The predicted molar refractivity (Wildman–Crippen MR) is 96.1 cm³/mol. The number of imidazole rings is 1. The van der Waals surface area contributed by atoms with Crippen molar-refractivity contribution in [1.82, 2.24) is 19.0 Å². The van der Waals surface area contributed by atoms with Gasteiger partial charge in [-0.25, -0.2) is 13.4 Å². The van der Waals surface area contributed by atoms with Crippen LogP contribution in [0, 0.1) is 6.92 Å². The Hall–Kier alpha value is -1.93. The molecule has 0 bridgehead atoms. The molecular weight excluding hydrogens is 340 g/mol. The van der Waals surface area contributed by atoms with Crippen molar-refractivity contribution in [2.75, 3.05) is 18.8 Å². The van der Waals surface area contributed by atoms with Crippen molar-refractivity contribution >= 4 is 21.6 Å². The zero-order valence-electron chi connectivity index (χ0n) is 14.6. The number of rotatable bonds is 5. The first-order valence-corrected chi connectivity index (χ1v) is 10.2. The number of carbonyl (C=O) groups is 1. The molecule has 8 heteroatoms. The number of aromatic nitrogens is 2. The maximum atomic E-state index is 12.4. The van der Waals surface area contributed by atoms with E-state index < -0.39 is 10.0 Å². The second-order valence-electron chi connectivity index (χ2n) is 6.62. The lowest BCUT2D eigenvalue weighted by Gasteiger charge is -2.32. The smallest absolute Gasteiger partial charge is 0.271 e. The van der Waals surface area contributed by atoms with Crippen LogP contribution in [0.25, 0.3) is 5.65 Å². The SMILES string of the molecule is Cc1ccn2cc(C(=O)NCCS(=O)(=O)N3CCCCC3C)nc2c1. The second-order valence-corrected chi connectivity index (χ2v) is 8.66. The van der Waals surface area contributed by atoms with E-state index in [4.69, 9.17) is 0 Å². The monoisotopic (exact) mass is 364 g/mol. The van der Waals surface area contributed by atoms with Crippen LogP contribution in [-0.2, 0) is 10.0 Å². The Morgan fingerprint density at radius 3 is 2.96 bits per heavy atom. The molecule has 0 radical (unpaired) electrons. The molecule has 1 N–H and O–H groups in total. The first kappa shape index (κ1) is 17.9. The molecule has 1 amide bonds. The normalized spacial score (nSPS) is 19.2. The minimum atomic E-state index is -3.35. The third-order valence-electron chi connectivity index (χ3n) is 4.59. The van der Waals surface area contributed by atoms with Crippen LogP contribution in [0.1, 0.15) is 42.2 Å². The van der Waals surface area contributed by atoms with Crippen LogP contribution < -0.4 is 5.32 Å². The molecule has 7 nitrogen and oxygen atoms in total. The van der Waals surface area contributed by atoms with E-state index in [1.807, 2.05) is 32.2 Å². The number of hydrogen-bond acceptors (Lipinski definition) is 4. The van der Waals surface area contributed by atoms with Gasteiger partial charge in [-0.15, -0.1) is 0 Å². The van der Waals surface area contributed by atoms with Gasteiger partial charge < -0.3 is 9.72 Å². The quantitative estimate of drug-likeness (QED) is 0.873. The van der Waals surface area contributed by atoms with Crippen molar-refractivity contribution in [3.8, 4) is 0 Å². The van der Waals surface area contributed by atoms with Gasteiger partial charge in [0.05, 0.1) is 5.75 Å². The fraction of sp³-hybridized carbons (Fsp3) is 0.529. The van der Waals surface area contributed by atoms with Crippen LogP contribution in [0.3, 0.4) is 0 Å². The molecule has 1 aliphatic heterocycles. The third kappa shape index (κ3) is 4.01. The Morgan fingerprint density at radius 1 is 1.40 bits per heavy atom. The lowest BCUT2D eigenvalue weighted by molar-refractivity contribution is 0.0951. The highest BCUT2D eigenvalue weighted by Gasteiger charge is 2.29. The van der Waals surface area contributed by atoms with E-state index in [0.29, 0.717) is 12.2 Å². The Balaban J connectivity index is 1.59. The lowest BCUT2D eigenvalue weighted by atomic mass is 10.1. The number of aryl methyl sites for hydroxylation is 1. The minimum absolute atomic E-state index is 0.0381. The topological polar surface area (TPSA) is 83.8 Å². The first-order chi connectivity index (χ1) is 11.9. The van der Waals surface area contributed by atoms with Crippen LogP contribution in [-0.4, -0.2) is 52.9 Å². The van der Waals surface area contributed by atoms with Gasteiger partial charge in [-0.3, -0.25) is 4.79 Å². The summed E-state index contributed by atoms with van der Waals surface area (Å²) in [4.78, 5) is 16.5. The van der Waals surface area contributed by atoms with E-state index in [1.165, 1.54) is 0 Å². The predicted octanol–water partition coefficient (Wildman–Crippen LogP) is 1.58. The Bertz CT molecular complexity index is 875. The molecular formula is C17H24N4O3S. The highest BCUT2D eigenvalue weighted by Crippen LogP contribution is 2.20. The molecule has 0 aromatic carbocycles. The number of fused-ring (bicyclic) bond motifs is 1. The van der Waals surface area contributed by atoms with Crippen molar-refractivity contribution < 1.29 is 13.2 Å². The fourth-order valence-electron chi connectivity index (χ4n) is 3.18. The maximum absolute atomic E-state index is 12.4. The van der Waals surface area contributed by atoms with E-state index in [9.17, 15) is 13.2 Å². The Labute approximate surface area is 148 Å². The fourth-order valence-corrected chi connectivity index (χ4v) is 4.84. The zero-order valence-corrected chi connectivity index (χ0v) is 15.4. The van der Waals surface area contributed by atoms with Gasteiger partial charge in [0.25, 0.3) is 5.91 Å². The average Bonchev–Trinajstić information content (AvgIpc) is 2.98. The van der Waals surface area contributed by atoms with E-state index in [1.54, 1.807) is 14.9 Å². The number of nitrogens with one attached hydrogen (secondary N) is 1. The number of nitrogens with zero attached hydrogens (tertiary/aromatic N) is 3. The molecule has 1 atom stereocenters. The zero-order chi connectivity index (χ0) is 18.0. The summed E-state index contributed by atoms with van der Waals surface area (Å²) in [6.45, 7) is 4.55. The van der Waals surface area contributed by atoms with Crippen LogP contribution in [0.5, 0.6) is 0 Å². The summed E-state index contributed by atoms with van der Waals surface area (Å²) in [5.74, 6) is -0.446. The Kier molecular flexibility index (Phi) is 5.10. The summed E-state index contributed by atoms with van der Waals surface area (Å²) in [5.41, 5.74) is 2.04. The van der Waals surface area contributed by atoms with Crippen molar-refractivity contribution in [1.29, 1.82) is 0 Å². The van der Waals surface area contributed by atoms with E-state index in [0.717, 1.165) is 24.8 Å². The first-order valence-electron chi connectivity index (χ1n) is 8.60. The van der Waals surface area contributed by atoms with Gasteiger partial charge in [-0.05, 0) is 44.4 Å². The molecule has 3 rings (SSSR count). The number of carbonyl (C=O) groups excluding carboxylic acids is 1. The van der Waals surface area contributed by atoms with Crippen molar-refractivity contribution in [3.05, 3.63) is 35.8 Å². The number of amides is 1.